The monoisotopic (exact) mass is 206 g/mol. The molecule has 3 nitrogen and oxygen atoms in total. The van der Waals surface area contributed by atoms with Gasteiger partial charge in [-0.25, -0.2) is 0 Å². The summed E-state index contributed by atoms with van der Waals surface area (Å²) in [6, 6.07) is 1.09. The van der Waals surface area contributed by atoms with Crippen molar-refractivity contribution in [3.63, 3.8) is 0 Å². The van der Waals surface area contributed by atoms with Crippen molar-refractivity contribution in [2.24, 2.45) is 0 Å². The molecule has 0 spiro atoms. The molecule has 1 aliphatic carbocycles. The highest BCUT2D eigenvalue weighted by molar-refractivity contribution is 5.85. The third kappa shape index (κ3) is 4.48. The van der Waals surface area contributed by atoms with E-state index in [-0.39, 0.29) is 18.3 Å². The maximum atomic E-state index is 10.7. The Morgan fingerprint density at radius 2 is 1.62 bits per heavy atom. The average Bonchev–Trinajstić information content (AvgIpc) is 2.05. The van der Waals surface area contributed by atoms with Crippen molar-refractivity contribution in [3.05, 3.63) is 0 Å². The van der Waals surface area contributed by atoms with Crippen LogP contribution in [-0.2, 0) is 4.79 Å². The van der Waals surface area contributed by atoms with Gasteiger partial charge in [-0.2, -0.15) is 0 Å². The third-order valence-corrected chi connectivity index (χ3v) is 2.54. The van der Waals surface area contributed by atoms with E-state index in [0.29, 0.717) is 12.1 Å². The summed E-state index contributed by atoms with van der Waals surface area (Å²) in [6.07, 6.45) is 4.60. The first-order valence-corrected chi connectivity index (χ1v) is 4.66. The van der Waals surface area contributed by atoms with Gasteiger partial charge in [-0.3, -0.25) is 4.79 Å². The van der Waals surface area contributed by atoms with E-state index in [1.54, 1.807) is 6.92 Å². The van der Waals surface area contributed by atoms with Crippen molar-refractivity contribution in [1.82, 2.24) is 10.6 Å². The van der Waals surface area contributed by atoms with Crippen LogP contribution in [0.5, 0.6) is 0 Å². The van der Waals surface area contributed by atoms with Gasteiger partial charge < -0.3 is 10.6 Å². The van der Waals surface area contributed by atoms with Gasteiger partial charge in [0.1, 0.15) is 0 Å². The number of hydrogen-bond acceptors (Lipinski definition) is 2. The first-order chi connectivity index (χ1) is 5.72. The van der Waals surface area contributed by atoms with Crippen molar-refractivity contribution in [2.45, 2.75) is 44.7 Å². The molecule has 2 N–H and O–H groups in total. The minimum absolute atomic E-state index is 0. The molecule has 0 aliphatic heterocycles. The zero-order chi connectivity index (χ0) is 8.97. The number of halogens is 1. The zero-order valence-electron chi connectivity index (χ0n) is 8.30. The Kier molecular flexibility index (Phi) is 6.08. The lowest BCUT2D eigenvalue weighted by molar-refractivity contribution is -0.119. The van der Waals surface area contributed by atoms with Crippen molar-refractivity contribution in [1.29, 1.82) is 0 Å². The molecule has 0 atom stereocenters. The lowest BCUT2D eigenvalue weighted by atomic mass is 9.91. The van der Waals surface area contributed by atoms with Crippen LogP contribution in [0.1, 0.15) is 32.6 Å². The van der Waals surface area contributed by atoms with Crippen LogP contribution in [0.3, 0.4) is 0 Å². The Hall–Kier alpha value is -0.280. The minimum Gasteiger partial charge on any atom is -0.354 e. The Morgan fingerprint density at radius 1 is 1.15 bits per heavy atom. The fraction of sp³-hybridized carbons (Fsp3) is 0.889. The molecule has 0 bridgehead atoms. The van der Waals surface area contributed by atoms with Gasteiger partial charge in [-0.15, -0.1) is 12.4 Å². The van der Waals surface area contributed by atoms with E-state index >= 15 is 0 Å². The van der Waals surface area contributed by atoms with Gasteiger partial charge in [0.15, 0.2) is 0 Å². The molecule has 0 aromatic heterocycles. The van der Waals surface area contributed by atoms with Gasteiger partial charge in [0.2, 0.25) is 5.91 Å². The lowest BCUT2D eigenvalue weighted by Gasteiger charge is -2.28. The SMILES string of the molecule is CNC1CCC(NC(C)=O)CC1.Cl. The lowest BCUT2D eigenvalue weighted by Crippen LogP contribution is -2.40. The molecule has 1 amide bonds. The van der Waals surface area contributed by atoms with Gasteiger partial charge in [-0.05, 0) is 32.7 Å². The van der Waals surface area contributed by atoms with E-state index in [0.717, 1.165) is 12.8 Å². The summed E-state index contributed by atoms with van der Waals surface area (Å²) in [6.45, 7) is 1.59. The quantitative estimate of drug-likeness (QED) is 0.710. The Morgan fingerprint density at radius 3 is 2.00 bits per heavy atom. The molecule has 0 aromatic carbocycles. The zero-order valence-corrected chi connectivity index (χ0v) is 9.12. The average molecular weight is 207 g/mol. The van der Waals surface area contributed by atoms with Crippen molar-refractivity contribution < 1.29 is 4.79 Å². The third-order valence-electron chi connectivity index (χ3n) is 2.54. The van der Waals surface area contributed by atoms with Crippen LogP contribution in [0.2, 0.25) is 0 Å². The molecule has 1 fully saturated rings. The highest BCUT2D eigenvalue weighted by Crippen LogP contribution is 2.17. The molecule has 0 unspecified atom stereocenters. The number of rotatable bonds is 2. The maximum absolute atomic E-state index is 10.7. The fourth-order valence-corrected chi connectivity index (χ4v) is 1.81. The van der Waals surface area contributed by atoms with Gasteiger partial charge in [0, 0.05) is 19.0 Å². The molecule has 0 heterocycles. The van der Waals surface area contributed by atoms with Crippen LogP contribution in [-0.4, -0.2) is 25.0 Å². The summed E-state index contributed by atoms with van der Waals surface area (Å²) in [7, 11) is 2.00. The van der Waals surface area contributed by atoms with Crippen molar-refractivity contribution in [2.75, 3.05) is 7.05 Å². The number of amides is 1. The van der Waals surface area contributed by atoms with Gasteiger partial charge in [0.25, 0.3) is 0 Å². The molecular weight excluding hydrogens is 188 g/mol. The topological polar surface area (TPSA) is 41.1 Å². The van der Waals surface area contributed by atoms with E-state index in [9.17, 15) is 4.79 Å². The van der Waals surface area contributed by atoms with Gasteiger partial charge in [0.05, 0.1) is 0 Å². The van der Waals surface area contributed by atoms with Crippen LogP contribution in [0.4, 0.5) is 0 Å². The number of carbonyl (C=O) groups excluding carboxylic acids is 1. The molecule has 78 valence electrons. The fourth-order valence-electron chi connectivity index (χ4n) is 1.81. The summed E-state index contributed by atoms with van der Waals surface area (Å²) < 4.78 is 0. The summed E-state index contributed by atoms with van der Waals surface area (Å²) >= 11 is 0. The highest BCUT2D eigenvalue weighted by Gasteiger charge is 2.19. The number of carbonyl (C=O) groups is 1. The van der Waals surface area contributed by atoms with Gasteiger partial charge >= 0.3 is 0 Å². The van der Waals surface area contributed by atoms with E-state index in [4.69, 9.17) is 0 Å². The second-order valence-electron chi connectivity index (χ2n) is 3.54. The van der Waals surface area contributed by atoms with E-state index < -0.39 is 0 Å². The second kappa shape index (κ2) is 6.22. The minimum atomic E-state index is 0. The van der Waals surface area contributed by atoms with Crippen LogP contribution in [0, 0.1) is 0 Å². The predicted molar refractivity (Wildman–Crippen MR) is 56.2 cm³/mol. The molecule has 0 saturated heterocycles. The van der Waals surface area contributed by atoms with E-state index in [2.05, 4.69) is 10.6 Å². The molecule has 1 rings (SSSR count). The largest absolute Gasteiger partial charge is 0.354 e. The Labute approximate surface area is 86.1 Å². The maximum Gasteiger partial charge on any atom is 0.217 e. The standard InChI is InChI=1S/C9H18N2O.ClH/c1-7(12)11-9-5-3-8(10-2)4-6-9;/h8-10H,3-6H2,1-2H3,(H,11,12);1H. The van der Waals surface area contributed by atoms with Gasteiger partial charge in [-0.1, -0.05) is 0 Å². The highest BCUT2D eigenvalue weighted by atomic mass is 35.5. The summed E-state index contributed by atoms with van der Waals surface area (Å²) in [5.41, 5.74) is 0. The summed E-state index contributed by atoms with van der Waals surface area (Å²) in [4.78, 5) is 10.7. The molecule has 1 aliphatic rings. The van der Waals surface area contributed by atoms with Crippen LogP contribution < -0.4 is 10.6 Å². The Balaban J connectivity index is 0.00000144. The molecular formula is C9H19ClN2O. The predicted octanol–water partition coefficient (Wildman–Crippen LogP) is 1.07. The van der Waals surface area contributed by atoms with Crippen molar-refractivity contribution >= 4 is 18.3 Å². The van der Waals surface area contributed by atoms with Crippen LogP contribution >= 0.6 is 12.4 Å². The summed E-state index contributed by atoms with van der Waals surface area (Å²) in [5, 5.41) is 6.22. The molecule has 0 aromatic rings. The molecule has 1 saturated carbocycles. The van der Waals surface area contributed by atoms with Crippen molar-refractivity contribution in [3.8, 4) is 0 Å². The first-order valence-electron chi connectivity index (χ1n) is 4.66. The summed E-state index contributed by atoms with van der Waals surface area (Å²) in [5.74, 6) is 0.0999. The van der Waals surface area contributed by atoms with E-state index in [1.165, 1.54) is 12.8 Å². The first kappa shape index (κ1) is 12.7. The number of nitrogens with one attached hydrogen (secondary N) is 2. The van der Waals surface area contributed by atoms with Crippen LogP contribution in [0.15, 0.2) is 0 Å². The Bertz CT molecular complexity index is 156. The van der Waals surface area contributed by atoms with Crippen LogP contribution in [0.25, 0.3) is 0 Å². The molecule has 0 radical (unpaired) electrons. The molecule has 13 heavy (non-hydrogen) atoms. The smallest absolute Gasteiger partial charge is 0.217 e. The second-order valence-corrected chi connectivity index (χ2v) is 3.54. The number of hydrogen-bond donors (Lipinski definition) is 2. The normalized spacial score (nSPS) is 27.5. The molecule has 4 heteroatoms. The van der Waals surface area contributed by atoms with E-state index in [1.807, 2.05) is 7.05 Å².